The molecular formula is C20H25N3O2. The third kappa shape index (κ3) is 5.16. The third-order valence-corrected chi connectivity index (χ3v) is 4.21. The van der Waals surface area contributed by atoms with Gasteiger partial charge >= 0.3 is 0 Å². The molecule has 0 heterocycles. The van der Waals surface area contributed by atoms with Crippen LogP contribution in [0.15, 0.2) is 48.5 Å². The molecule has 2 unspecified atom stereocenters. The second kappa shape index (κ2) is 8.44. The molecule has 0 saturated heterocycles. The Morgan fingerprint density at radius 3 is 2.32 bits per heavy atom. The normalized spacial score (nSPS) is 13.0. The minimum atomic E-state index is -0.344. The lowest BCUT2D eigenvalue weighted by Gasteiger charge is -2.17. The van der Waals surface area contributed by atoms with Gasteiger partial charge < -0.3 is 16.4 Å². The van der Waals surface area contributed by atoms with E-state index < -0.39 is 0 Å². The van der Waals surface area contributed by atoms with Crippen molar-refractivity contribution in [2.45, 2.75) is 33.4 Å². The number of carbonyl (C=O) groups excluding carboxylic acids is 2. The summed E-state index contributed by atoms with van der Waals surface area (Å²) in [6.45, 7) is 5.99. The van der Waals surface area contributed by atoms with Crippen LogP contribution in [0.25, 0.3) is 0 Å². The van der Waals surface area contributed by atoms with Gasteiger partial charge in [-0.15, -0.1) is 0 Å². The van der Waals surface area contributed by atoms with Gasteiger partial charge in [0.15, 0.2) is 0 Å². The van der Waals surface area contributed by atoms with Gasteiger partial charge in [-0.25, -0.2) is 0 Å². The van der Waals surface area contributed by atoms with Crippen molar-refractivity contribution in [2.75, 3.05) is 5.32 Å². The molecule has 2 amide bonds. The van der Waals surface area contributed by atoms with Crippen LogP contribution in [0.4, 0.5) is 5.69 Å². The summed E-state index contributed by atoms with van der Waals surface area (Å²) >= 11 is 0. The fraction of sp³-hybridized carbons (Fsp3) is 0.300. The molecule has 2 atom stereocenters. The zero-order valence-corrected chi connectivity index (χ0v) is 14.9. The maximum absolute atomic E-state index is 12.5. The zero-order valence-electron chi connectivity index (χ0n) is 14.9. The van der Waals surface area contributed by atoms with Crippen LogP contribution in [0, 0.1) is 12.8 Å². The molecule has 5 nitrogen and oxygen atoms in total. The average molecular weight is 339 g/mol. The third-order valence-electron chi connectivity index (χ3n) is 4.21. The Hall–Kier alpha value is -2.66. The SMILES string of the molecule is Cc1ccc(CNC(=O)c2ccccc2NC(=O)C(C)C(C)N)cc1. The highest BCUT2D eigenvalue weighted by atomic mass is 16.2. The average Bonchev–Trinajstić information content (AvgIpc) is 2.60. The van der Waals surface area contributed by atoms with Gasteiger partial charge in [0.25, 0.3) is 5.91 Å². The highest BCUT2D eigenvalue weighted by Crippen LogP contribution is 2.17. The number of carbonyl (C=O) groups is 2. The summed E-state index contributed by atoms with van der Waals surface area (Å²) in [6.07, 6.45) is 0. The van der Waals surface area contributed by atoms with Crippen LogP contribution < -0.4 is 16.4 Å². The van der Waals surface area contributed by atoms with Crippen LogP contribution in [0.2, 0.25) is 0 Å². The molecule has 0 aliphatic carbocycles. The lowest BCUT2D eigenvalue weighted by molar-refractivity contribution is -0.119. The van der Waals surface area contributed by atoms with E-state index in [0.717, 1.165) is 5.56 Å². The first-order valence-electron chi connectivity index (χ1n) is 8.37. The molecule has 2 aromatic rings. The van der Waals surface area contributed by atoms with E-state index in [1.54, 1.807) is 38.1 Å². The van der Waals surface area contributed by atoms with Gasteiger partial charge in [-0.2, -0.15) is 0 Å². The minimum absolute atomic E-state index is 0.200. The Kier molecular flexibility index (Phi) is 6.31. The molecule has 0 spiro atoms. The summed E-state index contributed by atoms with van der Waals surface area (Å²) in [5.41, 5.74) is 8.88. The number of hydrogen-bond donors (Lipinski definition) is 3. The molecule has 4 N–H and O–H groups in total. The predicted octanol–water partition coefficient (Wildman–Crippen LogP) is 2.85. The molecule has 0 aromatic heterocycles. The fourth-order valence-corrected chi connectivity index (χ4v) is 2.26. The smallest absolute Gasteiger partial charge is 0.253 e. The van der Waals surface area contributed by atoms with Crippen molar-refractivity contribution in [1.82, 2.24) is 5.32 Å². The summed E-state index contributed by atoms with van der Waals surface area (Å²) in [7, 11) is 0. The number of benzene rings is 2. The van der Waals surface area contributed by atoms with Crippen molar-refractivity contribution in [1.29, 1.82) is 0 Å². The van der Waals surface area contributed by atoms with Crippen LogP contribution >= 0.6 is 0 Å². The van der Waals surface area contributed by atoms with Crippen LogP contribution in [0.5, 0.6) is 0 Å². The van der Waals surface area contributed by atoms with E-state index in [0.29, 0.717) is 17.8 Å². The first-order chi connectivity index (χ1) is 11.9. The molecule has 0 aliphatic rings. The molecule has 5 heteroatoms. The van der Waals surface area contributed by atoms with E-state index >= 15 is 0 Å². The topological polar surface area (TPSA) is 84.2 Å². The van der Waals surface area contributed by atoms with Gasteiger partial charge in [-0.3, -0.25) is 9.59 Å². The molecule has 132 valence electrons. The van der Waals surface area contributed by atoms with E-state index in [9.17, 15) is 9.59 Å². The van der Waals surface area contributed by atoms with Gasteiger partial charge in [-0.1, -0.05) is 48.9 Å². The quantitative estimate of drug-likeness (QED) is 0.756. The molecule has 0 saturated carbocycles. The standard InChI is InChI=1S/C20H25N3O2/c1-13-8-10-16(11-9-13)12-22-20(25)17-6-4-5-7-18(17)23-19(24)14(2)15(3)21/h4-11,14-15H,12,21H2,1-3H3,(H,22,25)(H,23,24). The van der Waals surface area contributed by atoms with Crippen LogP contribution in [0.3, 0.4) is 0 Å². The van der Waals surface area contributed by atoms with Crippen LogP contribution in [-0.2, 0) is 11.3 Å². The van der Waals surface area contributed by atoms with Gasteiger partial charge in [0.1, 0.15) is 0 Å². The number of rotatable bonds is 6. The summed E-state index contributed by atoms with van der Waals surface area (Å²) in [5.74, 6) is -0.776. The summed E-state index contributed by atoms with van der Waals surface area (Å²) in [5, 5.41) is 5.68. The number of hydrogen-bond acceptors (Lipinski definition) is 3. The molecule has 0 aliphatic heterocycles. The second-order valence-electron chi connectivity index (χ2n) is 6.35. The molecular weight excluding hydrogens is 314 g/mol. The van der Waals surface area contributed by atoms with Crippen molar-refractivity contribution in [2.24, 2.45) is 11.7 Å². The Morgan fingerprint density at radius 2 is 1.68 bits per heavy atom. The van der Waals surface area contributed by atoms with Crippen LogP contribution in [-0.4, -0.2) is 17.9 Å². The number of para-hydroxylation sites is 1. The van der Waals surface area contributed by atoms with E-state index in [-0.39, 0.29) is 23.8 Å². The van der Waals surface area contributed by atoms with Crippen molar-refractivity contribution < 1.29 is 9.59 Å². The number of amides is 2. The molecule has 0 radical (unpaired) electrons. The Bertz CT molecular complexity index is 739. The monoisotopic (exact) mass is 339 g/mol. The van der Waals surface area contributed by atoms with Gasteiger partial charge in [0, 0.05) is 12.6 Å². The zero-order chi connectivity index (χ0) is 18.4. The number of nitrogens with two attached hydrogens (primary N) is 1. The van der Waals surface area contributed by atoms with Gasteiger partial charge in [0.05, 0.1) is 17.2 Å². The molecule has 2 rings (SSSR count). The maximum atomic E-state index is 12.5. The lowest BCUT2D eigenvalue weighted by Crippen LogP contribution is -2.35. The van der Waals surface area contributed by atoms with Gasteiger partial charge in [-0.05, 0) is 31.5 Å². The highest BCUT2D eigenvalue weighted by molar-refractivity contribution is 6.04. The van der Waals surface area contributed by atoms with E-state index in [1.165, 1.54) is 5.56 Å². The van der Waals surface area contributed by atoms with Crippen molar-refractivity contribution in [3.05, 3.63) is 65.2 Å². The van der Waals surface area contributed by atoms with Crippen molar-refractivity contribution in [3.8, 4) is 0 Å². The predicted molar refractivity (Wildman–Crippen MR) is 100 cm³/mol. The maximum Gasteiger partial charge on any atom is 0.253 e. The van der Waals surface area contributed by atoms with Gasteiger partial charge in [0.2, 0.25) is 5.91 Å². The highest BCUT2D eigenvalue weighted by Gasteiger charge is 2.19. The van der Waals surface area contributed by atoms with E-state index in [2.05, 4.69) is 10.6 Å². The lowest BCUT2D eigenvalue weighted by atomic mass is 10.0. The molecule has 0 fully saturated rings. The first-order valence-corrected chi connectivity index (χ1v) is 8.37. The fourth-order valence-electron chi connectivity index (χ4n) is 2.26. The first kappa shape index (κ1) is 18.7. The van der Waals surface area contributed by atoms with Crippen molar-refractivity contribution in [3.63, 3.8) is 0 Å². The molecule has 25 heavy (non-hydrogen) atoms. The van der Waals surface area contributed by atoms with Crippen molar-refractivity contribution >= 4 is 17.5 Å². The number of aryl methyl sites for hydroxylation is 1. The van der Waals surface area contributed by atoms with E-state index in [4.69, 9.17) is 5.73 Å². The number of nitrogens with one attached hydrogen (secondary N) is 2. The van der Waals surface area contributed by atoms with E-state index in [1.807, 2.05) is 31.2 Å². The Labute approximate surface area is 148 Å². The summed E-state index contributed by atoms with van der Waals surface area (Å²) in [6, 6.07) is 14.7. The Morgan fingerprint density at radius 1 is 1.04 bits per heavy atom. The second-order valence-corrected chi connectivity index (χ2v) is 6.35. The summed E-state index contributed by atoms with van der Waals surface area (Å²) in [4.78, 5) is 24.7. The molecule has 0 bridgehead atoms. The minimum Gasteiger partial charge on any atom is -0.348 e. The number of anilines is 1. The Balaban J connectivity index is 2.07. The largest absolute Gasteiger partial charge is 0.348 e. The van der Waals surface area contributed by atoms with Crippen LogP contribution in [0.1, 0.15) is 35.3 Å². The molecule has 2 aromatic carbocycles. The summed E-state index contributed by atoms with van der Waals surface area (Å²) < 4.78 is 0.